The molecule has 1 fully saturated rings. The third kappa shape index (κ3) is 3.25. The van der Waals surface area contributed by atoms with Gasteiger partial charge in [-0.25, -0.2) is 0 Å². The number of fused-ring (bicyclic) bond motifs is 1. The smallest absolute Gasteiger partial charge is 0.256 e. The van der Waals surface area contributed by atoms with Gasteiger partial charge in [-0.3, -0.25) is 9.59 Å². The van der Waals surface area contributed by atoms with Gasteiger partial charge in [-0.15, -0.1) is 0 Å². The topological polar surface area (TPSA) is 60.9 Å². The van der Waals surface area contributed by atoms with Crippen LogP contribution in [0.4, 0.5) is 0 Å². The SMILES string of the molecule is CC(=O)N1CCCC(O)(C(=O)N2CCc3cc(Cl)cc(Cl)c3C2)C1. The summed E-state index contributed by atoms with van der Waals surface area (Å²) >= 11 is 12.3. The van der Waals surface area contributed by atoms with Crippen molar-refractivity contribution in [2.45, 2.75) is 38.3 Å². The standard InChI is InChI=1S/C17H20Cl2N2O3/c1-11(22)21-5-2-4-17(24,10-21)16(23)20-6-3-12-7-13(18)8-15(19)14(12)9-20/h7-8,24H,2-6,9-10H2,1H3. The number of β-amino-alcohol motifs (C(OH)–C–C–N with tert-alkyl or cyclic N) is 1. The van der Waals surface area contributed by atoms with Crippen LogP contribution in [0.5, 0.6) is 0 Å². The largest absolute Gasteiger partial charge is 0.378 e. The van der Waals surface area contributed by atoms with Crippen molar-refractivity contribution < 1.29 is 14.7 Å². The second kappa shape index (κ2) is 6.54. The van der Waals surface area contributed by atoms with Crippen molar-refractivity contribution in [2.24, 2.45) is 0 Å². The van der Waals surface area contributed by atoms with Crippen molar-refractivity contribution in [1.82, 2.24) is 9.80 Å². The lowest BCUT2D eigenvalue weighted by Crippen LogP contribution is -2.59. The monoisotopic (exact) mass is 370 g/mol. The summed E-state index contributed by atoms with van der Waals surface area (Å²) < 4.78 is 0. The summed E-state index contributed by atoms with van der Waals surface area (Å²) in [6, 6.07) is 3.54. The number of likely N-dealkylation sites (tertiary alicyclic amines) is 1. The fourth-order valence-electron chi connectivity index (χ4n) is 3.53. The zero-order chi connectivity index (χ0) is 17.5. The molecular formula is C17H20Cl2N2O3. The molecule has 2 aliphatic heterocycles. The maximum atomic E-state index is 12.9. The van der Waals surface area contributed by atoms with Crippen molar-refractivity contribution >= 4 is 35.0 Å². The number of carbonyl (C=O) groups is 2. The van der Waals surface area contributed by atoms with Gasteiger partial charge in [0.25, 0.3) is 5.91 Å². The molecule has 7 heteroatoms. The first-order valence-electron chi connectivity index (χ1n) is 8.04. The van der Waals surface area contributed by atoms with Gasteiger partial charge in [-0.05, 0) is 42.5 Å². The summed E-state index contributed by atoms with van der Waals surface area (Å²) in [5, 5.41) is 12.0. The maximum Gasteiger partial charge on any atom is 0.256 e. The van der Waals surface area contributed by atoms with Crippen LogP contribution in [0.25, 0.3) is 0 Å². The summed E-state index contributed by atoms with van der Waals surface area (Å²) in [5.41, 5.74) is 0.404. The van der Waals surface area contributed by atoms with Gasteiger partial charge in [0, 0.05) is 36.6 Å². The fraction of sp³-hybridized carbons (Fsp3) is 0.529. The van der Waals surface area contributed by atoms with Crippen LogP contribution in [0.2, 0.25) is 10.0 Å². The van der Waals surface area contributed by atoms with E-state index in [9.17, 15) is 14.7 Å². The molecule has 1 saturated heterocycles. The molecule has 0 saturated carbocycles. The van der Waals surface area contributed by atoms with E-state index in [-0.39, 0.29) is 18.4 Å². The Labute approximate surface area is 151 Å². The molecule has 0 aromatic heterocycles. The molecule has 5 nitrogen and oxygen atoms in total. The molecule has 0 spiro atoms. The Balaban J connectivity index is 1.79. The summed E-state index contributed by atoms with van der Waals surface area (Å²) in [4.78, 5) is 27.7. The Hall–Kier alpha value is -1.30. The molecule has 1 N–H and O–H groups in total. The van der Waals surface area contributed by atoms with E-state index in [1.807, 2.05) is 6.07 Å². The highest BCUT2D eigenvalue weighted by molar-refractivity contribution is 6.35. The maximum absolute atomic E-state index is 12.9. The molecule has 2 heterocycles. The molecule has 24 heavy (non-hydrogen) atoms. The summed E-state index contributed by atoms with van der Waals surface area (Å²) in [6.07, 6.45) is 1.63. The number of benzene rings is 1. The second-order valence-corrected chi connectivity index (χ2v) is 7.42. The minimum Gasteiger partial charge on any atom is -0.378 e. The minimum absolute atomic E-state index is 0.0544. The average molecular weight is 371 g/mol. The quantitative estimate of drug-likeness (QED) is 0.824. The van der Waals surface area contributed by atoms with Crippen molar-refractivity contribution in [2.75, 3.05) is 19.6 Å². The van der Waals surface area contributed by atoms with E-state index in [4.69, 9.17) is 23.2 Å². The highest BCUT2D eigenvalue weighted by atomic mass is 35.5. The van der Waals surface area contributed by atoms with Crippen LogP contribution in [0.3, 0.4) is 0 Å². The zero-order valence-corrected chi connectivity index (χ0v) is 15.0. The number of nitrogens with zero attached hydrogens (tertiary/aromatic N) is 2. The molecule has 2 amide bonds. The van der Waals surface area contributed by atoms with Crippen molar-refractivity contribution in [3.63, 3.8) is 0 Å². The van der Waals surface area contributed by atoms with Crippen molar-refractivity contribution in [3.05, 3.63) is 33.3 Å². The van der Waals surface area contributed by atoms with Crippen LogP contribution in [0, 0.1) is 0 Å². The van der Waals surface area contributed by atoms with Crippen LogP contribution in [-0.2, 0) is 22.6 Å². The van der Waals surface area contributed by atoms with E-state index < -0.39 is 5.60 Å². The molecule has 0 aliphatic carbocycles. The fourth-order valence-corrected chi connectivity index (χ4v) is 4.12. The van der Waals surface area contributed by atoms with Crippen LogP contribution >= 0.6 is 23.2 Å². The van der Waals surface area contributed by atoms with Crippen molar-refractivity contribution in [1.29, 1.82) is 0 Å². The van der Waals surface area contributed by atoms with Crippen LogP contribution in [0.1, 0.15) is 30.9 Å². The predicted octanol–water partition coefficient (Wildman–Crippen LogP) is 2.25. The molecule has 1 unspecified atom stereocenters. The van der Waals surface area contributed by atoms with Crippen molar-refractivity contribution in [3.8, 4) is 0 Å². The number of carbonyl (C=O) groups excluding carboxylic acids is 2. The molecule has 130 valence electrons. The van der Waals surface area contributed by atoms with Gasteiger partial charge in [0.05, 0.1) is 6.54 Å². The van der Waals surface area contributed by atoms with E-state index in [2.05, 4.69) is 0 Å². The van der Waals surface area contributed by atoms with Crippen LogP contribution < -0.4 is 0 Å². The molecule has 1 aromatic rings. The third-order valence-corrected chi connectivity index (χ3v) is 5.41. The van der Waals surface area contributed by atoms with E-state index in [0.29, 0.717) is 48.9 Å². The number of hydrogen-bond acceptors (Lipinski definition) is 3. The van der Waals surface area contributed by atoms with Gasteiger partial charge in [-0.1, -0.05) is 23.2 Å². The number of rotatable bonds is 1. The van der Waals surface area contributed by atoms with Gasteiger partial charge < -0.3 is 14.9 Å². The summed E-state index contributed by atoms with van der Waals surface area (Å²) in [6.45, 7) is 2.95. The first-order chi connectivity index (χ1) is 11.3. The predicted molar refractivity (Wildman–Crippen MR) is 92.0 cm³/mol. The molecule has 1 aromatic carbocycles. The van der Waals surface area contributed by atoms with E-state index >= 15 is 0 Å². The Morgan fingerprint density at radius 2 is 1.96 bits per heavy atom. The first-order valence-corrected chi connectivity index (χ1v) is 8.80. The number of aliphatic hydroxyl groups is 1. The number of halogens is 2. The van der Waals surface area contributed by atoms with Crippen LogP contribution in [0.15, 0.2) is 12.1 Å². The third-order valence-electron chi connectivity index (χ3n) is 4.85. The van der Waals surface area contributed by atoms with Gasteiger partial charge in [0.2, 0.25) is 5.91 Å². The average Bonchev–Trinajstić information content (AvgIpc) is 2.53. The van der Waals surface area contributed by atoms with Gasteiger partial charge in [0.15, 0.2) is 5.60 Å². The minimum atomic E-state index is -1.51. The van der Waals surface area contributed by atoms with Crippen LogP contribution in [-0.4, -0.2) is 52.0 Å². The summed E-state index contributed by atoms with van der Waals surface area (Å²) in [7, 11) is 0. The molecule has 1 atom stereocenters. The lowest BCUT2D eigenvalue weighted by molar-refractivity contribution is -0.160. The number of amides is 2. The normalized spacial score (nSPS) is 23.8. The lowest BCUT2D eigenvalue weighted by atomic mass is 9.89. The Morgan fingerprint density at radius 3 is 2.67 bits per heavy atom. The second-order valence-electron chi connectivity index (χ2n) is 6.58. The molecule has 3 rings (SSSR count). The molecular weight excluding hydrogens is 351 g/mol. The summed E-state index contributed by atoms with van der Waals surface area (Å²) in [5.74, 6) is -0.451. The van der Waals surface area contributed by atoms with Gasteiger partial charge >= 0.3 is 0 Å². The first kappa shape index (κ1) is 17.5. The lowest BCUT2D eigenvalue weighted by Gasteiger charge is -2.41. The van der Waals surface area contributed by atoms with E-state index in [1.165, 1.54) is 11.8 Å². The Bertz CT molecular complexity index is 695. The van der Waals surface area contributed by atoms with Gasteiger partial charge in [-0.2, -0.15) is 0 Å². The molecule has 2 aliphatic rings. The molecule has 0 radical (unpaired) electrons. The van der Waals surface area contributed by atoms with E-state index in [0.717, 1.165) is 11.1 Å². The Morgan fingerprint density at radius 1 is 1.21 bits per heavy atom. The number of hydrogen-bond donors (Lipinski definition) is 1. The Kier molecular flexibility index (Phi) is 4.78. The van der Waals surface area contributed by atoms with E-state index in [1.54, 1.807) is 11.0 Å². The molecule has 0 bridgehead atoms. The highest BCUT2D eigenvalue weighted by Crippen LogP contribution is 2.32. The zero-order valence-electron chi connectivity index (χ0n) is 13.5. The number of piperidine rings is 1. The van der Waals surface area contributed by atoms with Gasteiger partial charge in [0.1, 0.15) is 0 Å². The highest BCUT2D eigenvalue weighted by Gasteiger charge is 2.44.